The van der Waals surface area contributed by atoms with Gasteiger partial charge in [0.25, 0.3) is 0 Å². The number of carbonyl (C=O) groups excluding carboxylic acids is 1. The zero-order valence-corrected chi connectivity index (χ0v) is 7.38. The van der Waals surface area contributed by atoms with Crippen molar-refractivity contribution in [3.63, 3.8) is 0 Å². The monoisotopic (exact) mass is 175 g/mol. The fraction of sp³-hybridized carbons (Fsp3) is 0.875. The molecule has 0 aliphatic rings. The van der Waals surface area contributed by atoms with Crippen LogP contribution in [0, 0.1) is 0 Å². The van der Waals surface area contributed by atoms with Gasteiger partial charge in [0.05, 0.1) is 26.4 Å². The van der Waals surface area contributed by atoms with E-state index in [1.165, 1.54) is 0 Å². The van der Waals surface area contributed by atoms with E-state index in [2.05, 4.69) is 0 Å². The summed E-state index contributed by atoms with van der Waals surface area (Å²) in [4.78, 5) is 9.67. The van der Waals surface area contributed by atoms with Crippen LogP contribution in [0.4, 0.5) is 0 Å². The van der Waals surface area contributed by atoms with Crippen LogP contribution < -0.4 is 0 Å². The van der Waals surface area contributed by atoms with Gasteiger partial charge in [-0.25, -0.2) is 0 Å². The summed E-state index contributed by atoms with van der Waals surface area (Å²) in [6, 6.07) is 0. The fourth-order valence-electron chi connectivity index (χ4n) is 0.596. The third kappa shape index (κ3) is 9.55. The minimum Gasteiger partial charge on any atom is -0.379 e. The molecule has 0 fully saturated rings. The van der Waals surface area contributed by atoms with Crippen LogP contribution in [0.5, 0.6) is 0 Å². The van der Waals surface area contributed by atoms with E-state index in [1.54, 1.807) is 6.29 Å². The van der Waals surface area contributed by atoms with Gasteiger partial charge in [-0.15, -0.1) is 0 Å². The quantitative estimate of drug-likeness (QED) is 0.468. The zero-order chi connectivity index (χ0) is 9.07. The second-order valence-corrected chi connectivity index (χ2v) is 2.01. The number of hydrogen-bond donors (Lipinski definition) is 0. The van der Waals surface area contributed by atoms with E-state index in [4.69, 9.17) is 14.2 Å². The highest BCUT2D eigenvalue weighted by atomic mass is 16.5. The molecule has 0 aromatic carbocycles. The van der Waals surface area contributed by atoms with Crippen molar-refractivity contribution in [2.75, 3.05) is 39.6 Å². The minimum atomic E-state index is 0.0226. The minimum absolute atomic E-state index is 0.0226. The van der Waals surface area contributed by atoms with E-state index < -0.39 is 0 Å². The highest BCUT2D eigenvalue weighted by Gasteiger charge is 1.89. The Kier molecular flexibility index (Phi) is 10.2. The molecule has 12 heavy (non-hydrogen) atoms. The smallest absolute Gasteiger partial charge is 0.226 e. The molecule has 0 aromatic rings. The van der Waals surface area contributed by atoms with Gasteiger partial charge in [0.1, 0.15) is 6.61 Å². The maximum atomic E-state index is 9.67. The van der Waals surface area contributed by atoms with Crippen molar-refractivity contribution < 1.29 is 19.0 Å². The SMILES string of the molecule is CCOCCOCCOC[C]=O. The van der Waals surface area contributed by atoms with E-state index >= 15 is 0 Å². The van der Waals surface area contributed by atoms with Crippen molar-refractivity contribution in [2.45, 2.75) is 6.92 Å². The van der Waals surface area contributed by atoms with Gasteiger partial charge in [-0.1, -0.05) is 0 Å². The Labute approximate surface area is 72.8 Å². The van der Waals surface area contributed by atoms with Crippen molar-refractivity contribution in [1.29, 1.82) is 0 Å². The summed E-state index contributed by atoms with van der Waals surface area (Å²) in [6.45, 7) is 4.77. The topological polar surface area (TPSA) is 44.8 Å². The van der Waals surface area contributed by atoms with Crippen LogP contribution >= 0.6 is 0 Å². The summed E-state index contributed by atoms with van der Waals surface area (Å²) in [5.74, 6) is 0. The van der Waals surface area contributed by atoms with Gasteiger partial charge < -0.3 is 14.2 Å². The molecule has 0 rings (SSSR count). The molecule has 4 nitrogen and oxygen atoms in total. The molecule has 0 heterocycles. The molecule has 0 aliphatic heterocycles. The van der Waals surface area contributed by atoms with Crippen molar-refractivity contribution in [3.05, 3.63) is 0 Å². The van der Waals surface area contributed by atoms with E-state index in [0.29, 0.717) is 33.0 Å². The molecule has 0 unspecified atom stereocenters. The normalized spacial score (nSPS) is 10.1. The number of rotatable bonds is 9. The van der Waals surface area contributed by atoms with Gasteiger partial charge in [-0.05, 0) is 6.92 Å². The van der Waals surface area contributed by atoms with Gasteiger partial charge in [-0.2, -0.15) is 0 Å². The van der Waals surface area contributed by atoms with E-state index in [0.717, 1.165) is 0 Å². The van der Waals surface area contributed by atoms with Crippen LogP contribution in [0.3, 0.4) is 0 Å². The first-order valence-electron chi connectivity index (χ1n) is 4.00. The number of hydrogen-bond acceptors (Lipinski definition) is 4. The first kappa shape index (κ1) is 11.6. The first-order valence-corrected chi connectivity index (χ1v) is 4.00. The molecular formula is C8H15O4. The molecule has 0 saturated heterocycles. The van der Waals surface area contributed by atoms with Crippen molar-refractivity contribution in [3.8, 4) is 0 Å². The van der Waals surface area contributed by atoms with Crippen LogP contribution in [-0.2, 0) is 19.0 Å². The Morgan fingerprint density at radius 2 is 1.58 bits per heavy atom. The van der Waals surface area contributed by atoms with E-state index in [-0.39, 0.29) is 6.61 Å². The first-order chi connectivity index (χ1) is 5.91. The summed E-state index contributed by atoms with van der Waals surface area (Å²) >= 11 is 0. The molecule has 1 radical (unpaired) electrons. The molecule has 0 aliphatic carbocycles. The second-order valence-electron chi connectivity index (χ2n) is 2.01. The van der Waals surface area contributed by atoms with Gasteiger partial charge >= 0.3 is 0 Å². The lowest BCUT2D eigenvalue weighted by molar-refractivity contribution is 0.0237. The molecule has 71 valence electrons. The summed E-state index contributed by atoms with van der Waals surface area (Å²) < 4.78 is 14.9. The second kappa shape index (κ2) is 10.6. The standard InChI is InChI=1S/C8H15O4/c1-2-10-5-6-12-8-7-11-4-3-9/h2,4-8H2,1H3. The maximum absolute atomic E-state index is 9.67. The van der Waals surface area contributed by atoms with Crippen LogP contribution in [0.2, 0.25) is 0 Å². The van der Waals surface area contributed by atoms with Crippen LogP contribution in [0.1, 0.15) is 6.92 Å². The molecule has 0 atom stereocenters. The lowest BCUT2D eigenvalue weighted by Crippen LogP contribution is -2.09. The van der Waals surface area contributed by atoms with Gasteiger partial charge in [0.15, 0.2) is 0 Å². The zero-order valence-electron chi connectivity index (χ0n) is 7.38. The van der Waals surface area contributed by atoms with E-state index in [1.807, 2.05) is 6.92 Å². The van der Waals surface area contributed by atoms with Crippen LogP contribution in [-0.4, -0.2) is 45.9 Å². The Bertz CT molecular complexity index is 95.1. The van der Waals surface area contributed by atoms with Gasteiger partial charge in [0.2, 0.25) is 6.29 Å². The molecule has 0 amide bonds. The van der Waals surface area contributed by atoms with Gasteiger partial charge in [-0.3, -0.25) is 4.79 Å². The number of ether oxygens (including phenoxy) is 3. The molecule has 4 heteroatoms. The Hall–Kier alpha value is -0.450. The largest absolute Gasteiger partial charge is 0.379 e. The predicted molar refractivity (Wildman–Crippen MR) is 43.8 cm³/mol. The third-order valence-electron chi connectivity index (χ3n) is 1.11. The Morgan fingerprint density at radius 3 is 2.17 bits per heavy atom. The summed E-state index contributed by atoms with van der Waals surface area (Å²) in [7, 11) is 0. The Morgan fingerprint density at radius 1 is 1.00 bits per heavy atom. The predicted octanol–water partition coefficient (Wildman–Crippen LogP) is 0.166. The van der Waals surface area contributed by atoms with E-state index in [9.17, 15) is 4.79 Å². The molecule has 0 spiro atoms. The molecular weight excluding hydrogens is 160 g/mol. The van der Waals surface area contributed by atoms with Crippen molar-refractivity contribution in [1.82, 2.24) is 0 Å². The lowest BCUT2D eigenvalue weighted by Gasteiger charge is -2.03. The maximum Gasteiger partial charge on any atom is 0.226 e. The summed E-state index contributed by atoms with van der Waals surface area (Å²) in [6.07, 6.45) is 1.63. The average molecular weight is 175 g/mol. The third-order valence-corrected chi connectivity index (χ3v) is 1.11. The average Bonchev–Trinajstić information content (AvgIpc) is 2.10. The molecule has 0 saturated carbocycles. The summed E-state index contributed by atoms with van der Waals surface area (Å²) in [5, 5.41) is 0. The summed E-state index contributed by atoms with van der Waals surface area (Å²) in [5.41, 5.74) is 0. The molecule has 0 bridgehead atoms. The molecule has 0 aromatic heterocycles. The van der Waals surface area contributed by atoms with Gasteiger partial charge in [0, 0.05) is 6.61 Å². The highest BCUT2D eigenvalue weighted by molar-refractivity contribution is 5.51. The van der Waals surface area contributed by atoms with Crippen molar-refractivity contribution >= 4 is 6.29 Å². The molecule has 0 N–H and O–H groups in total. The van der Waals surface area contributed by atoms with Crippen LogP contribution in [0.25, 0.3) is 0 Å². The fourth-order valence-corrected chi connectivity index (χ4v) is 0.596. The Balaban J connectivity index is 2.77. The van der Waals surface area contributed by atoms with Crippen LogP contribution in [0.15, 0.2) is 0 Å². The highest BCUT2D eigenvalue weighted by Crippen LogP contribution is 1.79. The lowest BCUT2D eigenvalue weighted by atomic mass is 10.7. The van der Waals surface area contributed by atoms with Crippen molar-refractivity contribution in [2.24, 2.45) is 0 Å².